The number of nitrogens with one attached hydrogen (secondary N) is 2. The minimum atomic E-state index is -0.325. The number of nitrogens with zero attached hydrogens (tertiary/aromatic N) is 1. The lowest BCUT2D eigenvalue weighted by molar-refractivity contribution is -0.134. The Kier molecular flexibility index (Phi) is 6.47. The second-order valence-electron chi connectivity index (χ2n) is 9.71. The van der Waals surface area contributed by atoms with E-state index in [0.717, 1.165) is 19.3 Å². The van der Waals surface area contributed by atoms with Crippen LogP contribution in [0.25, 0.3) is 0 Å². The zero-order valence-corrected chi connectivity index (χ0v) is 20.1. The standard InChI is InChI=1S/C27H31N3O5/c1-16(31)28-19-7-10-24-22(13-19)27(33)30(2)23-9-8-21(35-25(23)15-34-24)14-26(32)29-20-11-17-5-3-4-6-18(17)12-20/h3-7,10,13,20-21,23,25H,8-9,11-12,14-15H2,1-2H3,(H,28,31)(H,29,32). The van der Waals surface area contributed by atoms with E-state index in [1.54, 1.807) is 30.1 Å². The molecule has 1 fully saturated rings. The molecule has 0 spiro atoms. The maximum absolute atomic E-state index is 13.2. The zero-order chi connectivity index (χ0) is 24.5. The number of benzene rings is 2. The Bertz CT molecular complexity index is 1120. The van der Waals surface area contributed by atoms with Crippen LogP contribution in [0.3, 0.4) is 0 Å². The van der Waals surface area contributed by atoms with E-state index in [1.807, 2.05) is 12.1 Å². The van der Waals surface area contributed by atoms with Crippen molar-refractivity contribution in [3.05, 3.63) is 59.2 Å². The number of carbonyl (C=O) groups is 3. The summed E-state index contributed by atoms with van der Waals surface area (Å²) in [4.78, 5) is 39.1. The van der Waals surface area contributed by atoms with Crippen LogP contribution in [0.1, 0.15) is 47.7 Å². The summed E-state index contributed by atoms with van der Waals surface area (Å²) in [7, 11) is 1.77. The number of rotatable bonds is 4. The number of ether oxygens (including phenoxy) is 2. The highest BCUT2D eigenvalue weighted by Crippen LogP contribution is 2.32. The lowest BCUT2D eigenvalue weighted by Gasteiger charge is -2.42. The van der Waals surface area contributed by atoms with Gasteiger partial charge in [0.1, 0.15) is 18.5 Å². The molecular formula is C27H31N3O5. The van der Waals surface area contributed by atoms with Gasteiger partial charge >= 0.3 is 0 Å². The Balaban J connectivity index is 1.21. The molecule has 35 heavy (non-hydrogen) atoms. The van der Waals surface area contributed by atoms with Gasteiger partial charge in [0, 0.05) is 25.7 Å². The quantitative estimate of drug-likeness (QED) is 0.706. The van der Waals surface area contributed by atoms with Crippen molar-refractivity contribution in [2.75, 3.05) is 19.0 Å². The second kappa shape index (κ2) is 9.70. The summed E-state index contributed by atoms with van der Waals surface area (Å²) >= 11 is 0. The Hall–Kier alpha value is -3.39. The molecule has 0 saturated carbocycles. The van der Waals surface area contributed by atoms with E-state index in [0.29, 0.717) is 29.8 Å². The summed E-state index contributed by atoms with van der Waals surface area (Å²) in [5.74, 6) is 0.0743. The third-order valence-corrected chi connectivity index (χ3v) is 7.16. The highest BCUT2D eigenvalue weighted by atomic mass is 16.5. The van der Waals surface area contributed by atoms with Crippen LogP contribution in [0, 0.1) is 0 Å². The third kappa shape index (κ3) is 5.03. The van der Waals surface area contributed by atoms with Crippen LogP contribution < -0.4 is 15.4 Å². The fourth-order valence-corrected chi connectivity index (χ4v) is 5.46. The van der Waals surface area contributed by atoms with Crippen LogP contribution in [0.2, 0.25) is 0 Å². The van der Waals surface area contributed by atoms with E-state index in [-0.39, 0.29) is 48.6 Å². The summed E-state index contributed by atoms with van der Waals surface area (Å²) in [5, 5.41) is 5.88. The predicted molar refractivity (Wildman–Crippen MR) is 130 cm³/mol. The average molecular weight is 478 g/mol. The molecule has 8 heteroatoms. The molecule has 0 aromatic heterocycles. The van der Waals surface area contributed by atoms with Gasteiger partial charge in [-0.1, -0.05) is 24.3 Å². The average Bonchev–Trinajstić information content (AvgIpc) is 3.23. The zero-order valence-electron chi connectivity index (χ0n) is 20.1. The molecule has 2 heterocycles. The molecule has 3 atom stereocenters. The van der Waals surface area contributed by atoms with Gasteiger partial charge in [-0.15, -0.1) is 0 Å². The Labute approximate surface area is 205 Å². The van der Waals surface area contributed by atoms with Crippen molar-refractivity contribution in [3.8, 4) is 5.75 Å². The maximum Gasteiger partial charge on any atom is 0.257 e. The molecule has 0 bridgehead atoms. The summed E-state index contributed by atoms with van der Waals surface area (Å²) in [6.45, 7) is 1.71. The summed E-state index contributed by atoms with van der Waals surface area (Å²) < 4.78 is 12.3. The number of likely N-dealkylation sites (N-methyl/N-ethyl adjacent to an activating group) is 1. The molecule has 3 unspecified atom stereocenters. The van der Waals surface area contributed by atoms with E-state index in [4.69, 9.17) is 9.47 Å². The van der Waals surface area contributed by atoms with Crippen molar-refractivity contribution >= 4 is 23.4 Å². The van der Waals surface area contributed by atoms with E-state index >= 15 is 0 Å². The van der Waals surface area contributed by atoms with Crippen molar-refractivity contribution in [1.82, 2.24) is 10.2 Å². The molecule has 5 rings (SSSR count). The molecule has 3 amide bonds. The van der Waals surface area contributed by atoms with Gasteiger partial charge in [0.15, 0.2) is 0 Å². The van der Waals surface area contributed by atoms with Crippen LogP contribution in [-0.4, -0.2) is 60.6 Å². The number of hydrogen-bond acceptors (Lipinski definition) is 5. The SMILES string of the molecule is CC(=O)Nc1ccc2c(c1)C(=O)N(C)C1CCC(CC(=O)NC3Cc4ccccc4C3)OC1CO2. The van der Waals surface area contributed by atoms with Gasteiger partial charge in [-0.3, -0.25) is 14.4 Å². The van der Waals surface area contributed by atoms with Crippen LogP contribution in [0.5, 0.6) is 5.75 Å². The molecule has 2 aliphatic heterocycles. The van der Waals surface area contributed by atoms with Gasteiger partial charge in [-0.2, -0.15) is 0 Å². The second-order valence-corrected chi connectivity index (χ2v) is 9.71. The van der Waals surface area contributed by atoms with Crippen LogP contribution in [0.4, 0.5) is 5.69 Å². The fraction of sp³-hybridized carbons (Fsp3) is 0.444. The number of fused-ring (bicyclic) bond motifs is 3. The van der Waals surface area contributed by atoms with Gasteiger partial charge in [0.2, 0.25) is 11.8 Å². The molecule has 0 radical (unpaired) electrons. The van der Waals surface area contributed by atoms with E-state index in [1.165, 1.54) is 18.1 Å². The van der Waals surface area contributed by atoms with Crippen LogP contribution in [0.15, 0.2) is 42.5 Å². The number of anilines is 1. The number of hydrogen-bond donors (Lipinski definition) is 2. The molecule has 184 valence electrons. The molecule has 2 aromatic rings. The van der Waals surface area contributed by atoms with Crippen molar-refractivity contribution < 1.29 is 23.9 Å². The largest absolute Gasteiger partial charge is 0.490 e. The minimum Gasteiger partial charge on any atom is -0.490 e. The highest BCUT2D eigenvalue weighted by molar-refractivity contribution is 5.99. The van der Waals surface area contributed by atoms with Gasteiger partial charge in [0.05, 0.1) is 24.1 Å². The first kappa shape index (κ1) is 23.4. The van der Waals surface area contributed by atoms with Gasteiger partial charge in [-0.25, -0.2) is 0 Å². The van der Waals surface area contributed by atoms with Crippen LogP contribution in [-0.2, 0) is 27.2 Å². The molecule has 2 N–H and O–H groups in total. The first-order chi connectivity index (χ1) is 16.9. The van der Waals surface area contributed by atoms with E-state index in [2.05, 4.69) is 22.8 Å². The van der Waals surface area contributed by atoms with Crippen molar-refractivity contribution in [2.24, 2.45) is 0 Å². The minimum absolute atomic E-state index is 0.00158. The molecule has 1 aliphatic carbocycles. The molecular weight excluding hydrogens is 446 g/mol. The molecule has 2 aromatic carbocycles. The van der Waals surface area contributed by atoms with E-state index in [9.17, 15) is 14.4 Å². The predicted octanol–water partition coefficient (Wildman–Crippen LogP) is 2.70. The highest BCUT2D eigenvalue weighted by Gasteiger charge is 2.39. The van der Waals surface area contributed by atoms with Gasteiger partial charge < -0.3 is 25.0 Å². The summed E-state index contributed by atoms with van der Waals surface area (Å²) in [5.41, 5.74) is 3.57. The maximum atomic E-state index is 13.2. The first-order valence-corrected chi connectivity index (χ1v) is 12.2. The summed E-state index contributed by atoms with van der Waals surface area (Å²) in [6, 6.07) is 13.3. The molecule has 3 aliphatic rings. The van der Waals surface area contributed by atoms with Crippen molar-refractivity contribution in [3.63, 3.8) is 0 Å². The normalized spacial score (nSPS) is 23.8. The Morgan fingerprint density at radius 2 is 1.83 bits per heavy atom. The number of amides is 3. The lowest BCUT2D eigenvalue weighted by Crippen LogP contribution is -2.54. The first-order valence-electron chi connectivity index (χ1n) is 12.2. The number of carbonyl (C=O) groups excluding carboxylic acids is 3. The molecule has 1 saturated heterocycles. The monoisotopic (exact) mass is 477 g/mol. The topological polar surface area (TPSA) is 97.0 Å². The molecule has 8 nitrogen and oxygen atoms in total. The van der Waals surface area contributed by atoms with Crippen molar-refractivity contribution in [1.29, 1.82) is 0 Å². The summed E-state index contributed by atoms with van der Waals surface area (Å²) in [6.07, 6.45) is 2.90. The Morgan fingerprint density at radius 1 is 1.09 bits per heavy atom. The van der Waals surface area contributed by atoms with E-state index < -0.39 is 0 Å². The fourth-order valence-electron chi connectivity index (χ4n) is 5.46. The Morgan fingerprint density at radius 3 is 2.54 bits per heavy atom. The van der Waals surface area contributed by atoms with Crippen molar-refractivity contribution in [2.45, 2.75) is 63.3 Å². The third-order valence-electron chi connectivity index (χ3n) is 7.16. The van der Waals surface area contributed by atoms with Crippen LogP contribution >= 0.6 is 0 Å². The smallest absolute Gasteiger partial charge is 0.257 e. The lowest BCUT2D eigenvalue weighted by atomic mass is 9.94. The van der Waals surface area contributed by atoms with Gasteiger partial charge in [0.25, 0.3) is 5.91 Å². The van der Waals surface area contributed by atoms with Gasteiger partial charge in [-0.05, 0) is 55.0 Å².